The van der Waals surface area contributed by atoms with Crippen molar-refractivity contribution in [3.8, 4) is 0 Å². The van der Waals surface area contributed by atoms with E-state index in [0.717, 1.165) is 0 Å². The van der Waals surface area contributed by atoms with Crippen molar-refractivity contribution in [3.63, 3.8) is 0 Å². The molecule has 7 nitrogen and oxygen atoms in total. The fourth-order valence-corrected chi connectivity index (χ4v) is 1.87. The number of rotatable bonds is 2. The van der Waals surface area contributed by atoms with E-state index in [9.17, 15) is 14.9 Å². The highest BCUT2D eigenvalue weighted by Crippen LogP contribution is 2.31. The molecule has 1 aromatic heterocycles. The van der Waals surface area contributed by atoms with E-state index in [1.165, 1.54) is 13.2 Å². The minimum absolute atomic E-state index is 0.0660. The lowest BCUT2D eigenvalue weighted by Crippen LogP contribution is -2.03. The van der Waals surface area contributed by atoms with Crippen LogP contribution in [0.4, 0.5) is 5.69 Å². The van der Waals surface area contributed by atoms with Gasteiger partial charge in [0.1, 0.15) is 0 Å². The van der Waals surface area contributed by atoms with Crippen LogP contribution in [0.1, 0.15) is 10.6 Å². The van der Waals surface area contributed by atoms with Gasteiger partial charge in [-0.1, -0.05) is 0 Å². The number of hydrogen-bond acceptors (Lipinski definition) is 5. The number of carbonyl (C=O) groups is 1. The number of nitrogens with one attached hydrogen (secondary N) is 1. The first-order valence-corrected chi connectivity index (χ1v) is 5.25. The first-order chi connectivity index (χ1) is 8.04. The van der Waals surface area contributed by atoms with Crippen LogP contribution >= 0.6 is 15.9 Å². The van der Waals surface area contributed by atoms with Gasteiger partial charge in [0.15, 0.2) is 5.52 Å². The summed E-state index contributed by atoms with van der Waals surface area (Å²) in [4.78, 5) is 28.1. The Labute approximate surface area is 103 Å². The van der Waals surface area contributed by atoms with Crippen LogP contribution in [0, 0.1) is 10.1 Å². The molecule has 2 rings (SSSR count). The Morgan fingerprint density at radius 2 is 2.29 bits per heavy atom. The number of hydrogen-bond donors (Lipinski definition) is 1. The maximum Gasteiger partial charge on any atom is 0.374 e. The number of halogens is 1. The van der Waals surface area contributed by atoms with E-state index >= 15 is 0 Å². The van der Waals surface area contributed by atoms with Gasteiger partial charge in [0.05, 0.1) is 22.0 Å². The number of nitro benzene ring substituents is 1. The number of benzene rings is 1. The molecule has 88 valence electrons. The summed E-state index contributed by atoms with van der Waals surface area (Å²) in [6.07, 6.45) is 0. The number of carbonyl (C=O) groups excluding carboxylic acids is 1. The fourth-order valence-electron chi connectivity index (χ4n) is 1.40. The summed E-state index contributed by atoms with van der Waals surface area (Å²) in [5, 5.41) is 10.9. The summed E-state index contributed by atoms with van der Waals surface area (Å²) in [6, 6.07) is 3.10. The average Bonchev–Trinajstić information content (AvgIpc) is 2.70. The second-order valence-corrected chi connectivity index (χ2v) is 3.98. The molecule has 0 aliphatic rings. The van der Waals surface area contributed by atoms with Crippen molar-refractivity contribution < 1.29 is 14.5 Å². The number of aromatic nitrogens is 2. The third-order valence-corrected chi connectivity index (χ3v) is 2.78. The number of imidazole rings is 1. The summed E-state index contributed by atoms with van der Waals surface area (Å²) in [5.74, 6) is -0.740. The number of methoxy groups -OCH3 is 1. The quantitative estimate of drug-likeness (QED) is 0.519. The first kappa shape index (κ1) is 11.5. The Hall–Kier alpha value is -1.96. The Balaban J connectivity index is 2.73. The number of nitro groups is 1. The van der Waals surface area contributed by atoms with Crippen molar-refractivity contribution in [2.24, 2.45) is 0 Å². The largest absolute Gasteiger partial charge is 0.463 e. The predicted octanol–water partition coefficient (Wildman–Crippen LogP) is 2.02. The Kier molecular flexibility index (Phi) is 2.80. The minimum Gasteiger partial charge on any atom is -0.463 e. The smallest absolute Gasteiger partial charge is 0.374 e. The van der Waals surface area contributed by atoms with Gasteiger partial charge in [0.25, 0.3) is 0 Å². The molecule has 17 heavy (non-hydrogen) atoms. The molecule has 1 aromatic carbocycles. The van der Waals surface area contributed by atoms with Gasteiger partial charge in [-0.2, -0.15) is 0 Å². The maximum absolute atomic E-state index is 11.3. The number of esters is 1. The normalized spacial score (nSPS) is 10.5. The topological polar surface area (TPSA) is 98.1 Å². The summed E-state index contributed by atoms with van der Waals surface area (Å²) in [6.45, 7) is 0. The van der Waals surface area contributed by atoms with Gasteiger partial charge in [-0.25, -0.2) is 9.78 Å². The van der Waals surface area contributed by atoms with E-state index in [0.29, 0.717) is 9.99 Å². The first-order valence-electron chi connectivity index (χ1n) is 4.45. The van der Waals surface area contributed by atoms with Gasteiger partial charge < -0.3 is 9.72 Å². The highest BCUT2D eigenvalue weighted by Gasteiger charge is 2.22. The third kappa shape index (κ3) is 1.86. The molecule has 0 atom stereocenters. The van der Waals surface area contributed by atoms with E-state index in [2.05, 4.69) is 30.6 Å². The number of aromatic amines is 1. The summed E-state index contributed by atoms with van der Waals surface area (Å²) in [5.41, 5.74) is 0.332. The highest BCUT2D eigenvalue weighted by molar-refractivity contribution is 9.10. The Bertz CT molecular complexity index is 622. The molecule has 1 N–H and O–H groups in total. The van der Waals surface area contributed by atoms with Crippen LogP contribution in [-0.4, -0.2) is 28.0 Å². The highest BCUT2D eigenvalue weighted by atomic mass is 79.9. The van der Waals surface area contributed by atoms with Gasteiger partial charge in [0, 0.05) is 0 Å². The summed E-state index contributed by atoms with van der Waals surface area (Å²) in [7, 11) is 1.21. The number of fused-ring (bicyclic) bond motifs is 1. The molecule has 0 aliphatic heterocycles. The lowest BCUT2D eigenvalue weighted by molar-refractivity contribution is -0.384. The molecule has 1 heterocycles. The minimum atomic E-state index is -0.674. The molecule has 0 aliphatic carbocycles. The van der Waals surface area contributed by atoms with Crippen molar-refractivity contribution >= 4 is 38.6 Å². The molecule has 0 saturated heterocycles. The molecule has 0 saturated carbocycles. The molecule has 8 heteroatoms. The van der Waals surface area contributed by atoms with E-state index in [1.54, 1.807) is 6.07 Å². The number of nitrogens with zero attached hydrogens (tertiary/aromatic N) is 2. The molecule has 0 spiro atoms. The van der Waals surface area contributed by atoms with E-state index in [4.69, 9.17) is 0 Å². The molecule has 0 amide bonds. The predicted molar refractivity (Wildman–Crippen MR) is 61.8 cm³/mol. The second-order valence-electron chi connectivity index (χ2n) is 3.13. The van der Waals surface area contributed by atoms with Crippen molar-refractivity contribution in [2.45, 2.75) is 0 Å². The van der Waals surface area contributed by atoms with E-state index in [-0.39, 0.29) is 17.0 Å². The van der Waals surface area contributed by atoms with E-state index < -0.39 is 10.9 Å². The molecule has 0 unspecified atom stereocenters. The van der Waals surface area contributed by atoms with Gasteiger partial charge in [-0.15, -0.1) is 0 Å². The van der Waals surface area contributed by atoms with Gasteiger partial charge >= 0.3 is 11.7 Å². The van der Waals surface area contributed by atoms with Crippen LogP contribution in [0.5, 0.6) is 0 Å². The molecule has 0 radical (unpaired) electrons. The zero-order chi connectivity index (χ0) is 12.6. The maximum atomic E-state index is 11.3. The molecule has 0 bridgehead atoms. The monoisotopic (exact) mass is 299 g/mol. The van der Waals surface area contributed by atoms with Crippen molar-refractivity contribution in [1.82, 2.24) is 9.97 Å². The Morgan fingerprint density at radius 3 is 2.88 bits per heavy atom. The van der Waals surface area contributed by atoms with Crippen LogP contribution in [0.3, 0.4) is 0 Å². The SMILES string of the molecule is COC(=O)c1nc2c([N+](=O)[O-])c(Br)ccc2[nH]1. The standard InChI is InChI=1S/C9H6BrN3O4/c1-17-9(14)8-11-5-3-2-4(10)7(13(15)16)6(5)12-8/h2-3H,1H3,(H,11,12). The lowest BCUT2D eigenvalue weighted by Gasteiger charge is -1.94. The summed E-state index contributed by atoms with van der Waals surface area (Å²) >= 11 is 3.07. The van der Waals surface area contributed by atoms with Crippen LogP contribution in [-0.2, 0) is 4.74 Å². The summed E-state index contributed by atoms with van der Waals surface area (Å²) < 4.78 is 4.79. The van der Waals surface area contributed by atoms with Crippen LogP contribution in [0.15, 0.2) is 16.6 Å². The molecular formula is C9H6BrN3O4. The van der Waals surface area contributed by atoms with Crippen molar-refractivity contribution in [1.29, 1.82) is 0 Å². The van der Waals surface area contributed by atoms with Gasteiger partial charge in [-0.3, -0.25) is 10.1 Å². The Morgan fingerprint density at radius 1 is 1.59 bits per heavy atom. The third-order valence-electron chi connectivity index (χ3n) is 2.14. The second kappa shape index (κ2) is 4.13. The number of ether oxygens (including phenoxy) is 1. The van der Waals surface area contributed by atoms with Crippen LogP contribution in [0.2, 0.25) is 0 Å². The van der Waals surface area contributed by atoms with Crippen LogP contribution < -0.4 is 0 Å². The van der Waals surface area contributed by atoms with Gasteiger partial charge in [0.2, 0.25) is 5.82 Å². The van der Waals surface area contributed by atoms with Gasteiger partial charge in [-0.05, 0) is 28.1 Å². The molecular weight excluding hydrogens is 294 g/mol. The van der Waals surface area contributed by atoms with Crippen molar-refractivity contribution in [2.75, 3.05) is 7.11 Å². The molecule has 2 aromatic rings. The zero-order valence-electron chi connectivity index (χ0n) is 8.56. The number of H-pyrrole nitrogens is 1. The van der Waals surface area contributed by atoms with E-state index in [1.807, 2.05) is 0 Å². The fraction of sp³-hybridized carbons (Fsp3) is 0.111. The molecule has 0 fully saturated rings. The van der Waals surface area contributed by atoms with Crippen molar-refractivity contribution in [3.05, 3.63) is 32.5 Å². The zero-order valence-corrected chi connectivity index (χ0v) is 10.1. The average molecular weight is 300 g/mol. The lowest BCUT2D eigenvalue weighted by atomic mass is 10.3. The van der Waals surface area contributed by atoms with Crippen LogP contribution in [0.25, 0.3) is 11.0 Å².